The zero-order valence-electron chi connectivity index (χ0n) is 12.4. The van der Waals surface area contributed by atoms with E-state index < -0.39 is 0 Å². The molecule has 1 aromatic rings. The fourth-order valence-corrected chi connectivity index (χ4v) is 3.01. The first kappa shape index (κ1) is 15.6. The molecule has 21 heavy (non-hydrogen) atoms. The predicted molar refractivity (Wildman–Crippen MR) is 86.2 cm³/mol. The summed E-state index contributed by atoms with van der Waals surface area (Å²) < 4.78 is 0. The Balaban J connectivity index is 1.84. The molecule has 5 heteroatoms. The standard InChI is InChI=1S/C16H20N2O2S/c1-12(19)17-13-7-9-15(10-8-13)21-11-16(20)18(2)14-5-3-4-6-14/h5,7-10H,3-4,6,11H2,1-2H3,(H,17,19). The molecule has 2 rings (SSSR count). The topological polar surface area (TPSA) is 49.4 Å². The van der Waals surface area contributed by atoms with Crippen LogP contribution in [0.5, 0.6) is 0 Å². The smallest absolute Gasteiger partial charge is 0.236 e. The SMILES string of the molecule is CC(=O)Nc1ccc(SCC(=O)N(C)C2=CCCC2)cc1. The summed E-state index contributed by atoms with van der Waals surface area (Å²) in [7, 11) is 1.85. The van der Waals surface area contributed by atoms with Crippen LogP contribution in [0.3, 0.4) is 0 Å². The van der Waals surface area contributed by atoms with Crippen molar-refractivity contribution in [2.24, 2.45) is 0 Å². The number of thioether (sulfide) groups is 1. The van der Waals surface area contributed by atoms with Crippen LogP contribution in [0.2, 0.25) is 0 Å². The third-order valence-electron chi connectivity index (χ3n) is 3.36. The predicted octanol–water partition coefficient (Wildman–Crippen LogP) is 3.26. The molecule has 0 aliphatic heterocycles. The van der Waals surface area contributed by atoms with Crippen molar-refractivity contribution in [1.29, 1.82) is 0 Å². The fraction of sp³-hybridized carbons (Fsp3) is 0.375. The average molecular weight is 304 g/mol. The lowest BCUT2D eigenvalue weighted by molar-refractivity contribution is -0.125. The molecule has 2 amide bonds. The second-order valence-electron chi connectivity index (χ2n) is 5.03. The number of carbonyl (C=O) groups excluding carboxylic acids is 2. The van der Waals surface area contributed by atoms with E-state index in [1.807, 2.05) is 31.3 Å². The number of nitrogens with one attached hydrogen (secondary N) is 1. The van der Waals surface area contributed by atoms with Crippen molar-refractivity contribution in [3.05, 3.63) is 36.0 Å². The number of nitrogens with zero attached hydrogens (tertiary/aromatic N) is 1. The van der Waals surface area contributed by atoms with E-state index in [4.69, 9.17) is 0 Å². The second-order valence-corrected chi connectivity index (χ2v) is 6.08. The minimum atomic E-state index is -0.0861. The summed E-state index contributed by atoms with van der Waals surface area (Å²) in [5.74, 6) is 0.462. The van der Waals surface area contributed by atoms with E-state index in [1.54, 1.807) is 4.90 Å². The minimum absolute atomic E-state index is 0.0861. The molecule has 1 aliphatic rings. The van der Waals surface area contributed by atoms with Gasteiger partial charge in [0.25, 0.3) is 0 Å². The molecule has 0 atom stereocenters. The van der Waals surface area contributed by atoms with Gasteiger partial charge in [-0.2, -0.15) is 0 Å². The van der Waals surface area contributed by atoms with Gasteiger partial charge in [0.2, 0.25) is 11.8 Å². The monoisotopic (exact) mass is 304 g/mol. The molecule has 1 aromatic carbocycles. The van der Waals surface area contributed by atoms with Gasteiger partial charge < -0.3 is 10.2 Å². The molecule has 0 spiro atoms. The van der Waals surface area contributed by atoms with Crippen LogP contribution in [0.4, 0.5) is 5.69 Å². The third-order valence-corrected chi connectivity index (χ3v) is 4.36. The molecule has 0 aromatic heterocycles. The quantitative estimate of drug-likeness (QED) is 0.849. The van der Waals surface area contributed by atoms with Gasteiger partial charge in [-0.3, -0.25) is 9.59 Å². The number of carbonyl (C=O) groups is 2. The summed E-state index contributed by atoms with van der Waals surface area (Å²) in [6, 6.07) is 7.52. The Morgan fingerprint density at radius 1 is 1.29 bits per heavy atom. The van der Waals surface area contributed by atoms with Crippen molar-refractivity contribution >= 4 is 29.3 Å². The second kappa shape index (κ2) is 7.31. The van der Waals surface area contributed by atoms with Gasteiger partial charge >= 0.3 is 0 Å². The first-order chi connectivity index (χ1) is 10.1. The summed E-state index contributed by atoms with van der Waals surface area (Å²) >= 11 is 1.51. The number of hydrogen-bond donors (Lipinski definition) is 1. The maximum Gasteiger partial charge on any atom is 0.236 e. The van der Waals surface area contributed by atoms with Crippen LogP contribution < -0.4 is 5.32 Å². The Bertz CT molecular complexity index is 552. The molecule has 0 heterocycles. The Hall–Kier alpha value is -1.75. The Morgan fingerprint density at radius 3 is 2.57 bits per heavy atom. The van der Waals surface area contributed by atoms with Crippen LogP contribution in [0.1, 0.15) is 26.2 Å². The lowest BCUT2D eigenvalue weighted by atomic mass is 10.3. The van der Waals surface area contributed by atoms with Crippen LogP contribution in [0.25, 0.3) is 0 Å². The van der Waals surface area contributed by atoms with Gasteiger partial charge in [-0.15, -0.1) is 11.8 Å². The highest BCUT2D eigenvalue weighted by atomic mass is 32.2. The van der Waals surface area contributed by atoms with E-state index in [1.165, 1.54) is 18.7 Å². The van der Waals surface area contributed by atoms with Crippen molar-refractivity contribution in [2.45, 2.75) is 31.1 Å². The molecular weight excluding hydrogens is 284 g/mol. The Morgan fingerprint density at radius 2 is 2.00 bits per heavy atom. The Labute approximate surface area is 129 Å². The third kappa shape index (κ3) is 4.63. The summed E-state index contributed by atoms with van der Waals surface area (Å²) in [5, 5.41) is 2.72. The van der Waals surface area contributed by atoms with E-state index in [9.17, 15) is 9.59 Å². The van der Waals surface area contributed by atoms with Crippen LogP contribution >= 0.6 is 11.8 Å². The number of hydrogen-bond acceptors (Lipinski definition) is 3. The molecule has 0 saturated heterocycles. The first-order valence-corrected chi connectivity index (χ1v) is 8.01. The van der Waals surface area contributed by atoms with Crippen LogP contribution in [0.15, 0.2) is 40.9 Å². The van der Waals surface area contributed by atoms with E-state index in [0.717, 1.165) is 35.5 Å². The summed E-state index contributed by atoms with van der Waals surface area (Å²) in [6.45, 7) is 1.48. The lowest BCUT2D eigenvalue weighted by Crippen LogP contribution is -2.26. The lowest BCUT2D eigenvalue weighted by Gasteiger charge is -2.18. The fourth-order valence-electron chi connectivity index (χ4n) is 2.20. The van der Waals surface area contributed by atoms with E-state index in [0.29, 0.717) is 5.75 Å². The molecule has 0 radical (unpaired) electrons. The van der Waals surface area contributed by atoms with Crippen LogP contribution in [-0.2, 0) is 9.59 Å². The molecule has 112 valence electrons. The van der Waals surface area contributed by atoms with E-state index in [2.05, 4.69) is 11.4 Å². The van der Waals surface area contributed by atoms with Crippen LogP contribution in [0, 0.1) is 0 Å². The Kier molecular flexibility index (Phi) is 5.44. The molecule has 0 unspecified atom stereocenters. The van der Waals surface area contributed by atoms with Gasteiger partial charge in [-0.05, 0) is 43.5 Å². The molecular formula is C16H20N2O2S. The van der Waals surface area contributed by atoms with Gasteiger partial charge in [0.15, 0.2) is 0 Å². The van der Waals surface area contributed by atoms with Crippen LogP contribution in [-0.4, -0.2) is 29.5 Å². The van der Waals surface area contributed by atoms with Crippen molar-refractivity contribution in [2.75, 3.05) is 18.1 Å². The molecule has 0 bridgehead atoms. The van der Waals surface area contributed by atoms with E-state index in [-0.39, 0.29) is 11.8 Å². The highest BCUT2D eigenvalue weighted by Gasteiger charge is 2.16. The van der Waals surface area contributed by atoms with Crippen molar-refractivity contribution in [1.82, 2.24) is 4.90 Å². The summed E-state index contributed by atoms with van der Waals surface area (Å²) in [4.78, 5) is 25.9. The highest BCUT2D eigenvalue weighted by molar-refractivity contribution is 8.00. The summed E-state index contributed by atoms with van der Waals surface area (Å²) in [5.41, 5.74) is 1.91. The molecule has 1 N–H and O–H groups in total. The first-order valence-electron chi connectivity index (χ1n) is 7.02. The van der Waals surface area contributed by atoms with Gasteiger partial charge in [0.05, 0.1) is 5.75 Å². The van der Waals surface area contributed by atoms with E-state index >= 15 is 0 Å². The van der Waals surface area contributed by atoms with Gasteiger partial charge in [-0.1, -0.05) is 6.08 Å². The number of anilines is 1. The summed E-state index contributed by atoms with van der Waals surface area (Å²) in [6.07, 6.45) is 5.36. The minimum Gasteiger partial charge on any atom is -0.326 e. The number of allylic oxidation sites excluding steroid dienone is 2. The van der Waals surface area contributed by atoms with Gasteiger partial charge in [-0.25, -0.2) is 0 Å². The van der Waals surface area contributed by atoms with Crippen molar-refractivity contribution < 1.29 is 9.59 Å². The maximum absolute atomic E-state index is 12.1. The number of rotatable bonds is 5. The molecule has 1 aliphatic carbocycles. The molecule has 0 saturated carbocycles. The highest BCUT2D eigenvalue weighted by Crippen LogP contribution is 2.24. The number of amides is 2. The molecule has 0 fully saturated rings. The van der Waals surface area contributed by atoms with Crippen molar-refractivity contribution in [3.8, 4) is 0 Å². The normalized spacial score (nSPS) is 13.7. The van der Waals surface area contributed by atoms with Crippen molar-refractivity contribution in [3.63, 3.8) is 0 Å². The zero-order chi connectivity index (χ0) is 15.2. The average Bonchev–Trinajstić information content (AvgIpc) is 2.99. The largest absolute Gasteiger partial charge is 0.326 e. The number of benzene rings is 1. The zero-order valence-corrected chi connectivity index (χ0v) is 13.2. The maximum atomic E-state index is 12.1. The van der Waals surface area contributed by atoms with Gasteiger partial charge in [0, 0.05) is 30.3 Å². The molecule has 4 nitrogen and oxygen atoms in total. The van der Waals surface area contributed by atoms with Gasteiger partial charge in [0.1, 0.15) is 0 Å².